The van der Waals surface area contributed by atoms with Gasteiger partial charge in [-0.2, -0.15) is 0 Å². The van der Waals surface area contributed by atoms with E-state index < -0.39 is 11.9 Å². The number of hydrogen-bond acceptors (Lipinski definition) is 3. The number of nitrogens with zero attached hydrogens (tertiary/aromatic N) is 1. The molecule has 1 rings (SSSR count). The smallest absolute Gasteiger partial charge is 0.245 e. The average molecular weight is 323 g/mol. The van der Waals surface area contributed by atoms with Gasteiger partial charge in [0, 0.05) is 24.7 Å². The maximum atomic E-state index is 13.6. The second kappa shape index (κ2) is 7.94. The quantitative estimate of drug-likeness (QED) is 0.845. The fourth-order valence-electron chi connectivity index (χ4n) is 2.54. The third-order valence-electron chi connectivity index (χ3n) is 3.40. The van der Waals surface area contributed by atoms with E-state index >= 15 is 0 Å². The predicted octanol–water partition coefficient (Wildman–Crippen LogP) is 3.23. The highest BCUT2D eigenvalue weighted by atomic mass is 19.1. The third-order valence-corrected chi connectivity index (χ3v) is 3.40. The van der Waals surface area contributed by atoms with Gasteiger partial charge in [0.05, 0.1) is 5.69 Å². The minimum atomic E-state index is -0.518. The van der Waals surface area contributed by atoms with E-state index in [1.165, 1.54) is 19.1 Å². The first-order valence-electron chi connectivity index (χ1n) is 7.79. The number of benzene rings is 1. The predicted molar refractivity (Wildman–Crippen MR) is 90.9 cm³/mol. The van der Waals surface area contributed by atoms with Crippen molar-refractivity contribution in [3.8, 4) is 0 Å². The lowest BCUT2D eigenvalue weighted by molar-refractivity contribution is -0.135. The van der Waals surface area contributed by atoms with E-state index in [0.29, 0.717) is 5.69 Å². The molecular formula is C17H26FN3O2. The molecule has 2 N–H and O–H groups in total. The molecule has 0 bridgehead atoms. The summed E-state index contributed by atoms with van der Waals surface area (Å²) in [5, 5.41) is 5.49. The van der Waals surface area contributed by atoms with E-state index in [0.717, 1.165) is 0 Å². The second-order valence-corrected chi connectivity index (χ2v) is 6.17. The van der Waals surface area contributed by atoms with Crippen LogP contribution in [0.4, 0.5) is 15.8 Å². The monoisotopic (exact) mass is 323 g/mol. The zero-order valence-corrected chi connectivity index (χ0v) is 14.6. The van der Waals surface area contributed by atoms with Crippen LogP contribution in [0.3, 0.4) is 0 Å². The van der Waals surface area contributed by atoms with Crippen molar-refractivity contribution in [2.45, 2.75) is 59.7 Å². The summed E-state index contributed by atoms with van der Waals surface area (Å²) in [6, 6.07) is 4.00. The van der Waals surface area contributed by atoms with E-state index in [2.05, 4.69) is 10.6 Å². The molecule has 0 radical (unpaired) electrons. The minimum Gasteiger partial charge on any atom is -0.374 e. The van der Waals surface area contributed by atoms with Gasteiger partial charge in [-0.1, -0.05) is 0 Å². The number of anilines is 2. The Morgan fingerprint density at radius 3 is 2.13 bits per heavy atom. The van der Waals surface area contributed by atoms with Gasteiger partial charge in [-0.05, 0) is 52.8 Å². The van der Waals surface area contributed by atoms with Gasteiger partial charge in [-0.25, -0.2) is 4.39 Å². The lowest BCUT2D eigenvalue weighted by Gasteiger charge is -2.33. The maximum Gasteiger partial charge on any atom is 0.245 e. The first kappa shape index (κ1) is 18.9. The Bertz CT molecular complexity index is 565. The van der Waals surface area contributed by atoms with Crippen molar-refractivity contribution in [3.05, 3.63) is 24.0 Å². The Morgan fingerprint density at radius 1 is 1.09 bits per heavy atom. The SMILES string of the molecule is CC(=O)Nc1cc(NC(C)C(=O)N(C(C)C)C(C)C)ccc1F. The molecule has 0 spiro atoms. The van der Waals surface area contributed by atoms with Crippen molar-refractivity contribution in [3.63, 3.8) is 0 Å². The van der Waals surface area contributed by atoms with Gasteiger partial charge in [0.15, 0.2) is 0 Å². The first-order chi connectivity index (χ1) is 10.6. The summed E-state index contributed by atoms with van der Waals surface area (Å²) in [6.45, 7) is 11.0. The van der Waals surface area contributed by atoms with Crippen molar-refractivity contribution in [1.82, 2.24) is 4.90 Å². The highest BCUT2D eigenvalue weighted by Gasteiger charge is 2.25. The Labute approximate surface area is 137 Å². The zero-order chi connectivity index (χ0) is 17.7. The van der Waals surface area contributed by atoms with Crippen LogP contribution in [0.1, 0.15) is 41.5 Å². The molecule has 6 heteroatoms. The van der Waals surface area contributed by atoms with E-state index in [9.17, 15) is 14.0 Å². The molecule has 0 saturated heterocycles. The largest absolute Gasteiger partial charge is 0.374 e. The van der Waals surface area contributed by atoms with E-state index in [1.807, 2.05) is 27.7 Å². The molecule has 23 heavy (non-hydrogen) atoms. The van der Waals surface area contributed by atoms with Crippen LogP contribution in [0.25, 0.3) is 0 Å². The van der Waals surface area contributed by atoms with Gasteiger partial charge >= 0.3 is 0 Å². The molecule has 1 aromatic rings. The number of halogens is 1. The maximum absolute atomic E-state index is 13.6. The Hall–Kier alpha value is -2.11. The van der Waals surface area contributed by atoms with Crippen LogP contribution in [0.5, 0.6) is 0 Å². The van der Waals surface area contributed by atoms with Crippen molar-refractivity contribution in [2.24, 2.45) is 0 Å². The molecule has 0 aliphatic rings. The zero-order valence-electron chi connectivity index (χ0n) is 14.6. The number of hydrogen-bond donors (Lipinski definition) is 2. The molecule has 1 atom stereocenters. The van der Waals surface area contributed by atoms with Crippen molar-refractivity contribution in [1.29, 1.82) is 0 Å². The average Bonchev–Trinajstić information content (AvgIpc) is 2.41. The molecule has 128 valence electrons. The van der Waals surface area contributed by atoms with E-state index in [4.69, 9.17) is 0 Å². The van der Waals surface area contributed by atoms with Crippen LogP contribution in [0.2, 0.25) is 0 Å². The van der Waals surface area contributed by atoms with Gasteiger partial charge in [0.1, 0.15) is 11.9 Å². The summed E-state index contributed by atoms with van der Waals surface area (Å²) in [5.74, 6) is -0.896. The molecule has 0 fully saturated rings. The Kier molecular flexibility index (Phi) is 6.54. The van der Waals surface area contributed by atoms with Crippen molar-refractivity contribution < 1.29 is 14.0 Å². The first-order valence-corrected chi connectivity index (χ1v) is 7.79. The number of carbonyl (C=O) groups is 2. The van der Waals surface area contributed by atoms with Crippen LogP contribution < -0.4 is 10.6 Å². The molecule has 0 saturated carbocycles. The van der Waals surface area contributed by atoms with Gasteiger partial charge in [0.25, 0.3) is 0 Å². The molecule has 0 heterocycles. The summed E-state index contributed by atoms with van der Waals surface area (Å²) in [5.41, 5.74) is 0.662. The molecule has 0 aliphatic carbocycles. The molecule has 0 aliphatic heterocycles. The number of rotatable bonds is 6. The van der Waals surface area contributed by atoms with Crippen LogP contribution in [-0.4, -0.2) is 34.8 Å². The lowest BCUT2D eigenvalue weighted by Crippen LogP contribution is -2.48. The third kappa shape index (κ3) is 5.23. The molecule has 5 nitrogen and oxygen atoms in total. The molecule has 1 unspecified atom stereocenters. The second-order valence-electron chi connectivity index (χ2n) is 6.17. The highest BCUT2D eigenvalue weighted by molar-refractivity contribution is 5.90. The van der Waals surface area contributed by atoms with Crippen LogP contribution in [-0.2, 0) is 9.59 Å². The summed E-state index contributed by atoms with van der Waals surface area (Å²) >= 11 is 0. The van der Waals surface area contributed by atoms with Gasteiger partial charge in [-0.15, -0.1) is 0 Å². The molecular weight excluding hydrogens is 297 g/mol. The fraction of sp³-hybridized carbons (Fsp3) is 0.529. The summed E-state index contributed by atoms with van der Waals surface area (Å²) < 4.78 is 13.6. The van der Waals surface area contributed by atoms with Crippen molar-refractivity contribution in [2.75, 3.05) is 10.6 Å². The standard InChI is InChI=1S/C17H26FN3O2/c1-10(2)21(11(3)4)17(23)12(5)19-14-7-8-15(18)16(9-14)20-13(6)22/h7-12,19H,1-6H3,(H,20,22). The van der Waals surface area contributed by atoms with Crippen LogP contribution >= 0.6 is 0 Å². The van der Waals surface area contributed by atoms with Crippen LogP contribution in [0, 0.1) is 5.82 Å². The van der Waals surface area contributed by atoms with Gasteiger partial charge < -0.3 is 15.5 Å². The minimum absolute atomic E-state index is 0.0274. The summed E-state index contributed by atoms with van der Waals surface area (Å²) in [6.07, 6.45) is 0. The number of nitrogens with one attached hydrogen (secondary N) is 2. The van der Waals surface area contributed by atoms with E-state index in [1.54, 1.807) is 17.9 Å². The van der Waals surface area contributed by atoms with Crippen molar-refractivity contribution >= 4 is 23.2 Å². The van der Waals surface area contributed by atoms with Gasteiger partial charge in [0.2, 0.25) is 11.8 Å². The fourth-order valence-corrected chi connectivity index (χ4v) is 2.54. The molecule has 1 aromatic carbocycles. The highest BCUT2D eigenvalue weighted by Crippen LogP contribution is 2.21. The molecule has 0 aromatic heterocycles. The number of amides is 2. The summed E-state index contributed by atoms with van der Waals surface area (Å²) in [7, 11) is 0. The Morgan fingerprint density at radius 2 is 1.65 bits per heavy atom. The lowest BCUT2D eigenvalue weighted by atomic mass is 10.1. The van der Waals surface area contributed by atoms with Crippen LogP contribution in [0.15, 0.2) is 18.2 Å². The molecule has 2 amide bonds. The van der Waals surface area contributed by atoms with E-state index in [-0.39, 0.29) is 29.6 Å². The topological polar surface area (TPSA) is 61.4 Å². The van der Waals surface area contributed by atoms with Gasteiger partial charge in [-0.3, -0.25) is 9.59 Å². The number of carbonyl (C=O) groups excluding carboxylic acids is 2. The summed E-state index contributed by atoms with van der Waals surface area (Å²) in [4.78, 5) is 25.5. The normalized spacial score (nSPS) is 12.2. The Balaban J connectivity index is 2.90.